The highest BCUT2D eigenvalue weighted by atomic mass is 16.5. The van der Waals surface area contributed by atoms with Crippen molar-refractivity contribution < 1.29 is 47.6 Å². The smallest absolute Gasteiger partial charge is 0.338 e. The van der Waals surface area contributed by atoms with Crippen molar-refractivity contribution in [3.63, 3.8) is 0 Å². The molecule has 0 aliphatic heterocycles. The first-order chi connectivity index (χ1) is 23.3. The van der Waals surface area contributed by atoms with Crippen LogP contribution in [0.2, 0.25) is 0 Å². The van der Waals surface area contributed by atoms with Gasteiger partial charge in [0.2, 0.25) is 0 Å². The average molecular weight is 658 g/mol. The fourth-order valence-electron chi connectivity index (χ4n) is 4.18. The van der Waals surface area contributed by atoms with E-state index < -0.39 is 23.9 Å². The summed E-state index contributed by atoms with van der Waals surface area (Å²) in [5.74, 6) is -0.741. The Labute approximate surface area is 279 Å². The molecule has 0 amide bonds. The van der Waals surface area contributed by atoms with E-state index in [-0.39, 0.29) is 26.4 Å². The van der Waals surface area contributed by atoms with Crippen LogP contribution in [0.25, 0.3) is 0 Å². The normalized spacial score (nSPS) is 10.2. The van der Waals surface area contributed by atoms with Crippen molar-refractivity contribution in [1.29, 1.82) is 5.41 Å². The fraction of sp³-hybridized carbons (Fsp3) is 0.270. The van der Waals surface area contributed by atoms with Gasteiger partial charge in [0.15, 0.2) is 0 Å². The molecule has 0 aromatic heterocycles. The monoisotopic (exact) mass is 657 g/mol. The minimum Gasteiger partial charge on any atom is -0.493 e. The van der Waals surface area contributed by atoms with Crippen LogP contribution in [0.3, 0.4) is 0 Å². The van der Waals surface area contributed by atoms with E-state index in [0.29, 0.717) is 67.1 Å². The molecule has 11 heteroatoms. The highest BCUT2D eigenvalue weighted by Crippen LogP contribution is 2.17. The number of benzene rings is 3. The SMILES string of the molecule is C=CC(=O)OCCCOc1ccc(C(=O)OCCc2ccc(CCOC(=O)c3ccc(OCCCOC(=O)C=C)cc3)c(C=N)c2)cc1. The highest BCUT2D eigenvalue weighted by molar-refractivity contribution is 5.90. The Bertz CT molecular complexity index is 1550. The van der Waals surface area contributed by atoms with Crippen molar-refractivity contribution in [3.8, 4) is 11.5 Å². The van der Waals surface area contributed by atoms with Gasteiger partial charge in [-0.15, -0.1) is 0 Å². The Morgan fingerprint density at radius 2 is 1.06 bits per heavy atom. The topological polar surface area (TPSA) is 148 Å². The highest BCUT2D eigenvalue weighted by Gasteiger charge is 2.11. The van der Waals surface area contributed by atoms with Crippen LogP contribution < -0.4 is 9.47 Å². The van der Waals surface area contributed by atoms with Crippen LogP contribution in [0.5, 0.6) is 11.5 Å². The number of rotatable bonds is 21. The van der Waals surface area contributed by atoms with Crippen LogP contribution in [0, 0.1) is 5.41 Å². The summed E-state index contributed by atoms with van der Waals surface area (Å²) in [6, 6.07) is 18.7. The lowest BCUT2D eigenvalue weighted by atomic mass is 10.0. The molecule has 0 atom stereocenters. The Hall–Kier alpha value is -5.71. The van der Waals surface area contributed by atoms with Gasteiger partial charge in [-0.2, -0.15) is 0 Å². The summed E-state index contributed by atoms with van der Waals surface area (Å²) in [6.07, 6.45) is 5.37. The second-order valence-electron chi connectivity index (χ2n) is 10.1. The minimum atomic E-state index is -0.479. The van der Waals surface area contributed by atoms with Gasteiger partial charge < -0.3 is 33.8 Å². The van der Waals surface area contributed by atoms with Gasteiger partial charge in [-0.3, -0.25) is 0 Å². The molecule has 3 rings (SSSR count). The van der Waals surface area contributed by atoms with Crippen LogP contribution in [-0.2, 0) is 41.4 Å². The zero-order chi connectivity index (χ0) is 34.6. The predicted octanol–water partition coefficient (Wildman–Crippen LogP) is 5.48. The lowest BCUT2D eigenvalue weighted by Gasteiger charge is -2.11. The quantitative estimate of drug-likeness (QED) is 0.0514. The number of hydrogen-bond acceptors (Lipinski definition) is 11. The summed E-state index contributed by atoms with van der Waals surface area (Å²) in [6.45, 7) is 8.10. The Morgan fingerprint density at radius 1 is 0.583 bits per heavy atom. The molecule has 0 radical (unpaired) electrons. The maximum absolute atomic E-state index is 12.5. The lowest BCUT2D eigenvalue weighted by Crippen LogP contribution is -2.10. The van der Waals surface area contributed by atoms with Crippen LogP contribution in [0.1, 0.15) is 50.2 Å². The molecule has 0 aliphatic rings. The summed E-state index contributed by atoms with van der Waals surface area (Å²) < 4.78 is 31.8. The van der Waals surface area contributed by atoms with Crippen molar-refractivity contribution in [2.75, 3.05) is 39.6 Å². The van der Waals surface area contributed by atoms with Crippen molar-refractivity contribution in [2.24, 2.45) is 0 Å². The summed E-state index contributed by atoms with van der Waals surface area (Å²) in [5, 5.41) is 7.83. The van der Waals surface area contributed by atoms with E-state index in [1.165, 1.54) is 6.21 Å². The summed E-state index contributed by atoms with van der Waals surface area (Å²) in [7, 11) is 0. The van der Waals surface area contributed by atoms with Crippen molar-refractivity contribution in [3.05, 3.63) is 120 Å². The number of esters is 4. The zero-order valence-electron chi connectivity index (χ0n) is 26.7. The number of nitrogens with one attached hydrogen (secondary N) is 1. The van der Waals surface area contributed by atoms with E-state index >= 15 is 0 Å². The Kier molecular flexibility index (Phi) is 15.6. The summed E-state index contributed by atoms with van der Waals surface area (Å²) >= 11 is 0. The first-order valence-corrected chi connectivity index (χ1v) is 15.3. The van der Waals surface area contributed by atoms with Gasteiger partial charge in [-0.25, -0.2) is 19.2 Å². The molecule has 0 spiro atoms. The van der Waals surface area contributed by atoms with Gasteiger partial charge in [0.1, 0.15) is 11.5 Å². The van der Waals surface area contributed by atoms with Crippen LogP contribution in [0.15, 0.2) is 92.0 Å². The van der Waals surface area contributed by atoms with E-state index in [4.69, 9.17) is 33.8 Å². The van der Waals surface area contributed by atoms with Crippen LogP contribution in [-0.4, -0.2) is 69.7 Å². The van der Waals surface area contributed by atoms with Crippen molar-refractivity contribution >= 4 is 30.1 Å². The molecule has 0 bridgehead atoms. The standard InChI is InChI=1S/C37H39NO10/c1-3-34(39)45-21-5-19-43-32-13-9-29(10-14-32)36(41)47-23-17-27-7-8-28(31(25-27)26-38)18-24-48-37(42)30-11-15-33(16-12-30)44-20-6-22-46-35(40)4-2/h3-4,7-16,25-26,38H,1-2,5-6,17-24H2. The molecule has 3 aromatic carbocycles. The average Bonchev–Trinajstić information content (AvgIpc) is 3.11. The maximum atomic E-state index is 12.5. The molecule has 252 valence electrons. The molecular formula is C37H39NO10. The Balaban J connectivity index is 1.36. The van der Waals surface area contributed by atoms with E-state index in [0.717, 1.165) is 23.3 Å². The molecule has 0 unspecified atom stereocenters. The van der Waals surface area contributed by atoms with Gasteiger partial charge in [0, 0.05) is 44.0 Å². The van der Waals surface area contributed by atoms with Gasteiger partial charge in [0.05, 0.1) is 50.8 Å². The van der Waals surface area contributed by atoms with E-state index in [1.54, 1.807) is 48.5 Å². The maximum Gasteiger partial charge on any atom is 0.338 e. The van der Waals surface area contributed by atoms with Gasteiger partial charge >= 0.3 is 23.9 Å². The number of carbonyl (C=O) groups is 4. The number of ether oxygens (including phenoxy) is 6. The second kappa shape index (κ2) is 20.4. The third-order valence-corrected chi connectivity index (χ3v) is 6.71. The molecule has 48 heavy (non-hydrogen) atoms. The number of carbonyl (C=O) groups excluding carboxylic acids is 4. The van der Waals surface area contributed by atoms with Gasteiger partial charge in [0.25, 0.3) is 0 Å². The lowest BCUT2D eigenvalue weighted by molar-refractivity contribution is -0.138. The van der Waals surface area contributed by atoms with Crippen LogP contribution >= 0.6 is 0 Å². The molecule has 3 aromatic rings. The van der Waals surface area contributed by atoms with E-state index in [2.05, 4.69) is 13.2 Å². The van der Waals surface area contributed by atoms with Crippen molar-refractivity contribution in [1.82, 2.24) is 0 Å². The predicted molar refractivity (Wildman–Crippen MR) is 178 cm³/mol. The molecule has 11 nitrogen and oxygen atoms in total. The van der Waals surface area contributed by atoms with Gasteiger partial charge in [-0.1, -0.05) is 25.3 Å². The Morgan fingerprint density at radius 3 is 1.52 bits per heavy atom. The minimum absolute atomic E-state index is 0.132. The first kappa shape index (κ1) is 36.8. The summed E-state index contributed by atoms with van der Waals surface area (Å²) in [5.41, 5.74) is 3.19. The largest absolute Gasteiger partial charge is 0.493 e. The molecule has 1 N–H and O–H groups in total. The van der Waals surface area contributed by atoms with E-state index in [9.17, 15) is 19.2 Å². The molecule has 0 saturated carbocycles. The third kappa shape index (κ3) is 13.0. The number of hydrogen-bond donors (Lipinski definition) is 1. The molecular weight excluding hydrogens is 618 g/mol. The fourth-order valence-corrected chi connectivity index (χ4v) is 4.18. The third-order valence-electron chi connectivity index (χ3n) is 6.71. The summed E-state index contributed by atoms with van der Waals surface area (Å²) in [4.78, 5) is 47.0. The molecule has 0 saturated heterocycles. The zero-order valence-corrected chi connectivity index (χ0v) is 26.7. The second-order valence-corrected chi connectivity index (χ2v) is 10.1. The molecule has 0 fully saturated rings. The first-order valence-electron chi connectivity index (χ1n) is 15.3. The van der Waals surface area contributed by atoms with E-state index in [1.807, 2.05) is 18.2 Å². The van der Waals surface area contributed by atoms with Crippen molar-refractivity contribution in [2.45, 2.75) is 25.7 Å². The molecule has 0 aliphatic carbocycles. The molecule has 0 heterocycles. The van der Waals surface area contributed by atoms with Crippen LogP contribution in [0.4, 0.5) is 0 Å². The van der Waals surface area contributed by atoms with Gasteiger partial charge in [-0.05, 0) is 71.3 Å².